The first-order valence-electron chi connectivity index (χ1n) is 5.93. The van der Waals surface area contributed by atoms with Crippen molar-refractivity contribution in [3.8, 4) is 0 Å². The molecule has 3 N–H and O–H groups in total. The van der Waals surface area contributed by atoms with E-state index in [1.54, 1.807) is 0 Å². The first kappa shape index (κ1) is 13.3. The van der Waals surface area contributed by atoms with Gasteiger partial charge in [0, 0.05) is 23.7 Å². The molecule has 1 rings (SSSR count). The minimum Gasteiger partial charge on any atom is -0.381 e. The first-order chi connectivity index (χ1) is 7.27. The molecule has 0 spiro atoms. The van der Waals surface area contributed by atoms with E-state index in [2.05, 4.69) is 19.3 Å². The highest BCUT2D eigenvalue weighted by Gasteiger charge is 2.23. The molecule has 0 bridgehead atoms. The van der Waals surface area contributed by atoms with E-state index in [1.807, 2.05) is 11.8 Å². The SMILES string of the molecule is CCC(C)SCC(NN)C1CCCOC1. The summed E-state index contributed by atoms with van der Waals surface area (Å²) in [5, 5.41) is 0.727. The van der Waals surface area contributed by atoms with Crippen LogP contribution in [0.3, 0.4) is 0 Å². The second-order valence-electron chi connectivity index (χ2n) is 4.30. The zero-order valence-corrected chi connectivity index (χ0v) is 10.7. The third-order valence-electron chi connectivity index (χ3n) is 3.11. The van der Waals surface area contributed by atoms with Crippen molar-refractivity contribution in [3.05, 3.63) is 0 Å². The van der Waals surface area contributed by atoms with Crippen LogP contribution in [0.1, 0.15) is 33.1 Å². The van der Waals surface area contributed by atoms with Crippen molar-refractivity contribution in [2.45, 2.75) is 44.4 Å². The topological polar surface area (TPSA) is 47.3 Å². The zero-order chi connectivity index (χ0) is 11.1. The lowest BCUT2D eigenvalue weighted by atomic mass is 9.95. The summed E-state index contributed by atoms with van der Waals surface area (Å²) in [7, 11) is 0. The molecule has 3 nitrogen and oxygen atoms in total. The molecule has 1 aliphatic heterocycles. The molecule has 15 heavy (non-hydrogen) atoms. The number of hydrogen-bond acceptors (Lipinski definition) is 4. The first-order valence-corrected chi connectivity index (χ1v) is 6.98. The molecule has 0 aromatic rings. The van der Waals surface area contributed by atoms with E-state index in [9.17, 15) is 0 Å². The second-order valence-corrected chi connectivity index (χ2v) is 5.77. The molecular weight excluding hydrogens is 208 g/mol. The fourth-order valence-electron chi connectivity index (χ4n) is 1.79. The normalized spacial score (nSPS) is 26.2. The molecule has 1 saturated heterocycles. The summed E-state index contributed by atoms with van der Waals surface area (Å²) in [4.78, 5) is 0. The molecule has 0 aromatic carbocycles. The largest absolute Gasteiger partial charge is 0.381 e. The third kappa shape index (κ3) is 4.72. The second kappa shape index (κ2) is 7.49. The van der Waals surface area contributed by atoms with E-state index in [-0.39, 0.29) is 0 Å². The molecule has 3 unspecified atom stereocenters. The fraction of sp³-hybridized carbons (Fsp3) is 1.00. The Bertz CT molecular complexity index is 163. The summed E-state index contributed by atoms with van der Waals surface area (Å²) in [6.45, 7) is 6.30. The van der Waals surface area contributed by atoms with Gasteiger partial charge >= 0.3 is 0 Å². The molecule has 0 amide bonds. The summed E-state index contributed by atoms with van der Waals surface area (Å²) >= 11 is 2.00. The number of hydrazine groups is 1. The van der Waals surface area contributed by atoms with Crippen molar-refractivity contribution in [1.29, 1.82) is 0 Å². The average molecular weight is 232 g/mol. The van der Waals surface area contributed by atoms with Crippen LogP contribution < -0.4 is 11.3 Å². The van der Waals surface area contributed by atoms with Gasteiger partial charge in [0.05, 0.1) is 6.61 Å². The Hall–Kier alpha value is 0.230. The molecule has 1 heterocycles. The van der Waals surface area contributed by atoms with E-state index in [1.165, 1.54) is 19.3 Å². The van der Waals surface area contributed by atoms with Crippen LogP contribution in [0, 0.1) is 5.92 Å². The lowest BCUT2D eigenvalue weighted by molar-refractivity contribution is 0.0427. The highest BCUT2D eigenvalue weighted by Crippen LogP contribution is 2.22. The van der Waals surface area contributed by atoms with Crippen molar-refractivity contribution in [3.63, 3.8) is 0 Å². The maximum atomic E-state index is 5.61. The van der Waals surface area contributed by atoms with Gasteiger partial charge in [-0.3, -0.25) is 11.3 Å². The number of thioether (sulfide) groups is 1. The van der Waals surface area contributed by atoms with Crippen molar-refractivity contribution in [2.24, 2.45) is 11.8 Å². The summed E-state index contributed by atoms with van der Waals surface area (Å²) in [6, 6.07) is 0.407. The van der Waals surface area contributed by atoms with Crippen LogP contribution in [0.4, 0.5) is 0 Å². The average Bonchev–Trinajstić information content (AvgIpc) is 2.31. The van der Waals surface area contributed by atoms with E-state index in [4.69, 9.17) is 10.6 Å². The zero-order valence-electron chi connectivity index (χ0n) is 9.87. The van der Waals surface area contributed by atoms with Gasteiger partial charge < -0.3 is 4.74 Å². The number of nitrogens with two attached hydrogens (primary N) is 1. The maximum absolute atomic E-state index is 5.61. The summed E-state index contributed by atoms with van der Waals surface area (Å²) in [6.07, 6.45) is 3.65. The van der Waals surface area contributed by atoms with Crippen molar-refractivity contribution in [1.82, 2.24) is 5.43 Å². The minimum absolute atomic E-state index is 0.407. The van der Waals surface area contributed by atoms with Gasteiger partial charge in [-0.25, -0.2) is 0 Å². The Labute approximate surface area is 97.5 Å². The van der Waals surface area contributed by atoms with E-state index in [0.717, 1.165) is 24.2 Å². The lowest BCUT2D eigenvalue weighted by Crippen LogP contribution is -2.45. The van der Waals surface area contributed by atoms with Crippen molar-refractivity contribution < 1.29 is 4.74 Å². The standard InChI is InChI=1S/C11H24N2OS/c1-3-9(2)15-8-11(13-12)10-5-4-6-14-7-10/h9-11,13H,3-8,12H2,1-2H3. The van der Waals surface area contributed by atoms with Gasteiger partial charge in [-0.15, -0.1) is 0 Å². The number of rotatable bonds is 6. The minimum atomic E-state index is 0.407. The predicted octanol–water partition coefficient (Wildman–Crippen LogP) is 1.78. The van der Waals surface area contributed by atoms with Crippen molar-refractivity contribution in [2.75, 3.05) is 19.0 Å². The van der Waals surface area contributed by atoms with Gasteiger partial charge in [-0.05, 0) is 25.2 Å². The van der Waals surface area contributed by atoms with Gasteiger partial charge in [0.2, 0.25) is 0 Å². The molecule has 0 saturated carbocycles. The summed E-state index contributed by atoms with van der Waals surface area (Å²) in [5.74, 6) is 7.31. The molecule has 4 heteroatoms. The summed E-state index contributed by atoms with van der Waals surface area (Å²) < 4.78 is 5.49. The molecule has 1 fully saturated rings. The van der Waals surface area contributed by atoms with Crippen LogP contribution >= 0.6 is 11.8 Å². The highest BCUT2D eigenvalue weighted by atomic mass is 32.2. The van der Waals surface area contributed by atoms with Gasteiger partial charge in [-0.1, -0.05) is 13.8 Å². The van der Waals surface area contributed by atoms with Crippen LogP contribution in [0.5, 0.6) is 0 Å². The molecule has 0 aliphatic carbocycles. The molecule has 3 atom stereocenters. The summed E-state index contributed by atoms with van der Waals surface area (Å²) in [5.41, 5.74) is 2.95. The Morgan fingerprint density at radius 2 is 2.40 bits per heavy atom. The van der Waals surface area contributed by atoms with Gasteiger partial charge in [-0.2, -0.15) is 11.8 Å². The molecule has 0 aromatic heterocycles. The third-order valence-corrected chi connectivity index (χ3v) is 4.57. The molecule has 90 valence electrons. The molecule has 1 aliphatic rings. The van der Waals surface area contributed by atoms with Crippen LogP contribution in [0.25, 0.3) is 0 Å². The van der Waals surface area contributed by atoms with Gasteiger partial charge in [0.15, 0.2) is 0 Å². The Kier molecular flexibility index (Phi) is 6.64. The quantitative estimate of drug-likeness (QED) is 0.541. The number of hydrogen-bond donors (Lipinski definition) is 2. The maximum Gasteiger partial charge on any atom is 0.0509 e. The smallest absolute Gasteiger partial charge is 0.0509 e. The van der Waals surface area contributed by atoms with Gasteiger partial charge in [0.1, 0.15) is 0 Å². The number of nitrogens with one attached hydrogen (secondary N) is 1. The monoisotopic (exact) mass is 232 g/mol. The van der Waals surface area contributed by atoms with E-state index in [0.29, 0.717) is 12.0 Å². The van der Waals surface area contributed by atoms with Crippen LogP contribution in [0.15, 0.2) is 0 Å². The molecular formula is C11H24N2OS. The number of ether oxygens (including phenoxy) is 1. The van der Waals surface area contributed by atoms with Crippen LogP contribution in [-0.2, 0) is 4.74 Å². The predicted molar refractivity (Wildman–Crippen MR) is 66.9 cm³/mol. The van der Waals surface area contributed by atoms with E-state index < -0.39 is 0 Å². The van der Waals surface area contributed by atoms with Crippen LogP contribution in [0.2, 0.25) is 0 Å². The van der Waals surface area contributed by atoms with Gasteiger partial charge in [0.25, 0.3) is 0 Å². The Balaban J connectivity index is 2.27. The lowest BCUT2D eigenvalue weighted by Gasteiger charge is -2.30. The van der Waals surface area contributed by atoms with E-state index >= 15 is 0 Å². The highest BCUT2D eigenvalue weighted by molar-refractivity contribution is 7.99. The van der Waals surface area contributed by atoms with Crippen molar-refractivity contribution >= 4 is 11.8 Å². The van der Waals surface area contributed by atoms with Crippen LogP contribution in [-0.4, -0.2) is 30.3 Å². The Morgan fingerprint density at radius 1 is 1.60 bits per heavy atom. The molecule has 0 radical (unpaired) electrons. The Morgan fingerprint density at radius 3 is 2.93 bits per heavy atom. The fourth-order valence-corrected chi connectivity index (χ4v) is 2.93.